The molecule has 0 saturated carbocycles. The van der Waals surface area contributed by atoms with Gasteiger partial charge in [-0.3, -0.25) is 0 Å². The SMILES string of the molecule is Cc1cc(=O)oc2cc(OC[C@H](O)C[NH+]3CCC[C@H](C)C3)ccc12. The number of hydrogen-bond acceptors (Lipinski definition) is 4. The van der Waals surface area contributed by atoms with Crippen molar-refractivity contribution in [2.75, 3.05) is 26.2 Å². The fourth-order valence-electron chi connectivity index (χ4n) is 3.56. The van der Waals surface area contributed by atoms with E-state index in [2.05, 4.69) is 6.92 Å². The minimum atomic E-state index is -0.495. The van der Waals surface area contributed by atoms with Gasteiger partial charge in [-0.2, -0.15) is 0 Å². The number of aryl methyl sites for hydroxylation is 1. The highest BCUT2D eigenvalue weighted by Crippen LogP contribution is 2.22. The topological polar surface area (TPSA) is 64.1 Å². The normalized spacial score (nSPS) is 22.5. The summed E-state index contributed by atoms with van der Waals surface area (Å²) in [5.41, 5.74) is 1.04. The number of nitrogens with one attached hydrogen (secondary N) is 1. The Balaban J connectivity index is 1.59. The predicted molar refractivity (Wildman–Crippen MR) is 92.7 cm³/mol. The Morgan fingerprint density at radius 3 is 3.04 bits per heavy atom. The standard InChI is InChI=1S/C19H25NO4/c1-13-4-3-7-20(10-13)11-15(21)12-23-16-5-6-17-14(2)8-19(22)24-18(17)9-16/h5-6,8-9,13,15,21H,3-4,7,10-12H2,1-2H3/p+1/t13-,15+/m0/s1. The van der Waals surface area contributed by atoms with Crippen molar-refractivity contribution in [1.29, 1.82) is 0 Å². The van der Waals surface area contributed by atoms with Gasteiger partial charge < -0.3 is 19.2 Å². The summed E-state index contributed by atoms with van der Waals surface area (Å²) in [5.74, 6) is 1.34. The Kier molecular flexibility index (Phi) is 5.21. The van der Waals surface area contributed by atoms with Crippen molar-refractivity contribution in [2.24, 2.45) is 5.92 Å². The van der Waals surface area contributed by atoms with Gasteiger partial charge in [0.15, 0.2) is 0 Å². The molecular weight excluding hydrogens is 306 g/mol. The van der Waals surface area contributed by atoms with Crippen molar-refractivity contribution < 1.29 is 19.2 Å². The van der Waals surface area contributed by atoms with E-state index in [9.17, 15) is 9.90 Å². The molecule has 1 aliphatic rings. The Labute approximate surface area is 141 Å². The maximum Gasteiger partial charge on any atom is 0.336 e. The molecule has 2 heterocycles. The van der Waals surface area contributed by atoms with Crippen LogP contribution in [0.1, 0.15) is 25.3 Å². The molecule has 24 heavy (non-hydrogen) atoms. The predicted octanol–water partition coefficient (Wildman–Crippen LogP) is 1.16. The van der Waals surface area contributed by atoms with Crippen LogP contribution < -0.4 is 15.3 Å². The minimum absolute atomic E-state index is 0.249. The van der Waals surface area contributed by atoms with Crippen molar-refractivity contribution in [2.45, 2.75) is 32.8 Å². The highest BCUT2D eigenvalue weighted by Gasteiger charge is 2.22. The molecule has 130 valence electrons. The summed E-state index contributed by atoms with van der Waals surface area (Å²) in [6.07, 6.45) is 2.02. The second kappa shape index (κ2) is 7.36. The minimum Gasteiger partial charge on any atom is -0.491 e. The molecule has 0 amide bonds. The summed E-state index contributed by atoms with van der Waals surface area (Å²) in [6.45, 7) is 7.36. The molecule has 1 aromatic heterocycles. The Morgan fingerprint density at radius 1 is 1.42 bits per heavy atom. The van der Waals surface area contributed by atoms with Gasteiger partial charge in [-0.25, -0.2) is 4.79 Å². The molecule has 1 saturated heterocycles. The smallest absolute Gasteiger partial charge is 0.336 e. The Morgan fingerprint density at radius 2 is 2.25 bits per heavy atom. The fourth-order valence-corrected chi connectivity index (χ4v) is 3.56. The van der Waals surface area contributed by atoms with Crippen LogP contribution in [-0.2, 0) is 0 Å². The van der Waals surface area contributed by atoms with Crippen molar-refractivity contribution in [3.05, 3.63) is 40.2 Å². The molecule has 0 bridgehead atoms. The largest absolute Gasteiger partial charge is 0.491 e. The van der Waals surface area contributed by atoms with Gasteiger partial charge in [-0.1, -0.05) is 6.92 Å². The highest BCUT2D eigenvalue weighted by molar-refractivity contribution is 5.81. The highest BCUT2D eigenvalue weighted by atomic mass is 16.5. The van der Waals surface area contributed by atoms with E-state index in [4.69, 9.17) is 9.15 Å². The van der Waals surface area contributed by atoms with Crippen LogP contribution >= 0.6 is 0 Å². The lowest BCUT2D eigenvalue weighted by atomic mass is 10.0. The van der Waals surface area contributed by atoms with Crippen LogP contribution in [0.3, 0.4) is 0 Å². The zero-order valence-corrected chi connectivity index (χ0v) is 14.4. The van der Waals surface area contributed by atoms with Crippen LogP contribution in [0.4, 0.5) is 0 Å². The second-order valence-electron chi connectivity index (χ2n) is 7.03. The summed E-state index contributed by atoms with van der Waals surface area (Å²) >= 11 is 0. The lowest BCUT2D eigenvalue weighted by molar-refractivity contribution is -0.911. The molecule has 5 heteroatoms. The number of fused-ring (bicyclic) bond motifs is 1. The molecule has 5 nitrogen and oxygen atoms in total. The zero-order valence-electron chi connectivity index (χ0n) is 14.4. The maximum absolute atomic E-state index is 11.5. The average Bonchev–Trinajstić information content (AvgIpc) is 2.52. The zero-order chi connectivity index (χ0) is 17.1. The van der Waals surface area contributed by atoms with Gasteiger partial charge in [0.05, 0.1) is 13.1 Å². The first kappa shape index (κ1) is 17.0. The van der Waals surface area contributed by atoms with Crippen LogP contribution in [0.15, 0.2) is 33.5 Å². The second-order valence-corrected chi connectivity index (χ2v) is 7.03. The molecule has 0 aliphatic carbocycles. The Hall–Kier alpha value is -1.85. The number of likely N-dealkylation sites (tertiary alicyclic amines) is 1. The Bertz CT molecular complexity index is 755. The molecule has 2 N–H and O–H groups in total. The summed E-state index contributed by atoms with van der Waals surface area (Å²) < 4.78 is 10.9. The quantitative estimate of drug-likeness (QED) is 0.807. The molecular formula is C19H26NO4+. The average molecular weight is 332 g/mol. The van der Waals surface area contributed by atoms with E-state index in [1.807, 2.05) is 19.1 Å². The lowest BCUT2D eigenvalue weighted by Crippen LogP contribution is -3.14. The van der Waals surface area contributed by atoms with Gasteiger partial charge in [0.2, 0.25) is 0 Å². The molecule has 0 radical (unpaired) electrons. The van der Waals surface area contributed by atoms with E-state index in [1.54, 1.807) is 6.07 Å². The number of benzene rings is 1. The third kappa shape index (κ3) is 4.16. The number of ether oxygens (including phenoxy) is 1. The monoisotopic (exact) mass is 332 g/mol. The first-order valence-electron chi connectivity index (χ1n) is 8.70. The van der Waals surface area contributed by atoms with E-state index in [1.165, 1.54) is 23.8 Å². The van der Waals surface area contributed by atoms with Gasteiger partial charge in [0.1, 0.15) is 30.6 Å². The van der Waals surface area contributed by atoms with Gasteiger partial charge in [-0.05, 0) is 37.5 Å². The number of piperidine rings is 1. The molecule has 1 fully saturated rings. The summed E-state index contributed by atoms with van der Waals surface area (Å²) in [7, 11) is 0. The molecule has 1 aromatic carbocycles. The first-order chi connectivity index (χ1) is 11.5. The summed E-state index contributed by atoms with van der Waals surface area (Å²) in [5, 5.41) is 11.1. The first-order valence-corrected chi connectivity index (χ1v) is 8.70. The van der Waals surface area contributed by atoms with Crippen molar-refractivity contribution >= 4 is 11.0 Å². The van der Waals surface area contributed by atoms with Crippen LogP contribution in [-0.4, -0.2) is 37.5 Å². The van der Waals surface area contributed by atoms with E-state index >= 15 is 0 Å². The van der Waals surface area contributed by atoms with Crippen molar-refractivity contribution in [1.82, 2.24) is 0 Å². The van der Waals surface area contributed by atoms with Gasteiger partial charge in [0, 0.05) is 23.4 Å². The summed E-state index contributed by atoms with van der Waals surface area (Å²) in [6, 6.07) is 6.92. The van der Waals surface area contributed by atoms with Gasteiger partial charge in [-0.15, -0.1) is 0 Å². The number of aliphatic hydroxyl groups is 1. The van der Waals surface area contributed by atoms with Crippen molar-refractivity contribution in [3.63, 3.8) is 0 Å². The lowest BCUT2D eigenvalue weighted by Gasteiger charge is -2.29. The molecule has 0 spiro atoms. The number of hydrogen-bond donors (Lipinski definition) is 2. The third-order valence-electron chi connectivity index (χ3n) is 4.75. The van der Waals surface area contributed by atoms with Crippen LogP contribution in [0.2, 0.25) is 0 Å². The number of rotatable bonds is 5. The molecule has 2 aromatic rings. The van der Waals surface area contributed by atoms with E-state index in [0.29, 0.717) is 17.9 Å². The number of quaternary nitrogens is 1. The van der Waals surface area contributed by atoms with Gasteiger partial charge >= 0.3 is 5.63 Å². The fraction of sp³-hybridized carbons (Fsp3) is 0.526. The molecule has 3 rings (SSSR count). The van der Waals surface area contributed by atoms with Crippen LogP contribution in [0.25, 0.3) is 11.0 Å². The maximum atomic E-state index is 11.5. The van der Waals surface area contributed by atoms with Gasteiger partial charge in [0.25, 0.3) is 0 Å². The van der Waals surface area contributed by atoms with E-state index in [0.717, 1.165) is 30.0 Å². The van der Waals surface area contributed by atoms with Crippen LogP contribution in [0.5, 0.6) is 5.75 Å². The molecule has 3 atom stereocenters. The summed E-state index contributed by atoms with van der Waals surface area (Å²) in [4.78, 5) is 12.9. The van der Waals surface area contributed by atoms with Crippen LogP contribution in [0, 0.1) is 12.8 Å². The molecule has 1 unspecified atom stereocenters. The van der Waals surface area contributed by atoms with E-state index < -0.39 is 6.10 Å². The van der Waals surface area contributed by atoms with Crippen molar-refractivity contribution in [3.8, 4) is 5.75 Å². The third-order valence-corrected chi connectivity index (χ3v) is 4.75. The number of aliphatic hydroxyl groups excluding tert-OH is 1. The molecule has 1 aliphatic heterocycles. The van der Waals surface area contributed by atoms with E-state index in [-0.39, 0.29) is 12.2 Å².